The molecule has 0 aliphatic rings. The van der Waals surface area contributed by atoms with Crippen LogP contribution in [0.1, 0.15) is 24.0 Å². The maximum absolute atomic E-state index is 13.7. The fourth-order valence-corrected chi connectivity index (χ4v) is 2.83. The van der Waals surface area contributed by atoms with Gasteiger partial charge in [0.2, 0.25) is 5.88 Å². The van der Waals surface area contributed by atoms with Crippen LogP contribution in [0.25, 0.3) is 0 Å². The number of aromatic nitrogens is 1. The monoisotopic (exact) mass is 363 g/mol. The maximum atomic E-state index is 13.7. The molecule has 0 spiro atoms. The Balaban J connectivity index is 2.63. The molecule has 1 aromatic carbocycles. The maximum Gasteiger partial charge on any atom is 0.422 e. The SMILES string of the molecule is COc1cc(C(O)(C(C)c2ccc(F)cc2Cl)C(F)(F)F)ccn1. The highest BCUT2D eigenvalue weighted by molar-refractivity contribution is 6.31. The molecule has 2 rings (SSSR count). The number of hydrogen-bond donors (Lipinski definition) is 1. The van der Waals surface area contributed by atoms with E-state index >= 15 is 0 Å². The largest absolute Gasteiger partial charge is 0.481 e. The first-order chi connectivity index (χ1) is 11.1. The fraction of sp³-hybridized carbons (Fsp3) is 0.312. The average molecular weight is 364 g/mol. The Morgan fingerprint density at radius 1 is 1.21 bits per heavy atom. The molecular formula is C16H14ClF4NO2. The van der Waals surface area contributed by atoms with E-state index in [4.69, 9.17) is 16.3 Å². The van der Waals surface area contributed by atoms with E-state index in [2.05, 4.69) is 4.98 Å². The molecule has 0 amide bonds. The van der Waals surface area contributed by atoms with Crippen molar-refractivity contribution < 1.29 is 27.4 Å². The Labute approximate surface area is 140 Å². The van der Waals surface area contributed by atoms with Crippen LogP contribution in [0, 0.1) is 5.82 Å². The lowest BCUT2D eigenvalue weighted by atomic mass is 9.78. The van der Waals surface area contributed by atoms with Crippen molar-refractivity contribution in [1.29, 1.82) is 0 Å². The zero-order valence-electron chi connectivity index (χ0n) is 12.7. The van der Waals surface area contributed by atoms with Crippen LogP contribution in [-0.4, -0.2) is 23.4 Å². The van der Waals surface area contributed by atoms with Gasteiger partial charge in [-0.3, -0.25) is 0 Å². The lowest BCUT2D eigenvalue weighted by Gasteiger charge is -2.37. The lowest BCUT2D eigenvalue weighted by molar-refractivity contribution is -0.274. The molecule has 0 aliphatic heterocycles. The van der Waals surface area contributed by atoms with Crippen molar-refractivity contribution in [3.8, 4) is 5.88 Å². The van der Waals surface area contributed by atoms with Crippen molar-refractivity contribution in [2.24, 2.45) is 0 Å². The first-order valence-corrected chi connectivity index (χ1v) is 7.23. The number of hydrogen-bond acceptors (Lipinski definition) is 3. The van der Waals surface area contributed by atoms with Crippen LogP contribution >= 0.6 is 11.6 Å². The van der Waals surface area contributed by atoms with Crippen LogP contribution in [0.5, 0.6) is 5.88 Å². The lowest BCUT2D eigenvalue weighted by Crippen LogP contribution is -2.46. The summed E-state index contributed by atoms with van der Waals surface area (Å²) in [5, 5.41) is 10.4. The summed E-state index contributed by atoms with van der Waals surface area (Å²) in [6, 6.07) is 5.06. The van der Waals surface area contributed by atoms with Gasteiger partial charge in [-0.15, -0.1) is 0 Å². The summed E-state index contributed by atoms with van der Waals surface area (Å²) >= 11 is 5.87. The number of ether oxygens (including phenoxy) is 1. The van der Waals surface area contributed by atoms with Crippen LogP contribution in [0.15, 0.2) is 36.5 Å². The summed E-state index contributed by atoms with van der Waals surface area (Å²) in [7, 11) is 1.25. The molecule has 0 saturated heterocycles. The van der Waals surface area contributed by atoms with Crippen molar-refractivity contribution in [3.05, 3.63) is 58.5 Å². The number of methoxy groups -OCH3 is 1. The molecule has 0 aliphatic carbocycles. The number of rotatable bonds is 4. The van der Waals surface area contributed by atoms with Crippen molar-refractivity contribution >= 4 is 11.6 Å². The van der Waals surface area contributed by atoms with Gasteiger partial charge in [0.25, 0.3) is 0 Å². The number of alkyl halides is 3. The van der Waals surface area contributed by atoms with Gasteiger partial charge in [-0.2, -0.15) is 13.2 Å². The van der Waals surface area contributed by atoms with Gasteiger partial charge in [0.05, 0.1) is 7.11 Å². The molecule has 2 unspecified atom stereocenters. The molecule has 1 N–H and O–H groups in total. The normalized spacial score (nSPS) is 15.7. The molecule has 0 radical (unpaired) electrons. The highest BCUT2D eigenvalue weighted by Crippen LogP contribution is 2.50. The van der Waals surface area contributed by atoms with Gasteiger partial charge in [0, 0.05) is 28.8 Å². The third kappa shape index (κ3) is 3.18. The molecule has 8 heteroatoms. The van der Waals surface area contributed by atoms with E-state index in [0.717, 1.165) is 36.5 Å². The van der Waals surface area contributed by atoms with Gasteiger partial charge >= 0.3 is 6.18 Å². The predicted octanol–water partition coefficient (Wildman–Crippen LogP) is 4.44. The third-order valence-corrected chi connectivity index (χ3v) is 4.20. The molecule has 1 heterocycles. The molecule has 0 fully saturated rings. The number of aliphatic hydroxyl groups is 1. The second kappa shape index (κ2) is 6.57. The van der Waals surface area contributed by atoms with E-state index in [9.17, 15) is 22.7 Å². The van der Waals surface area contributed by atoms with Crippen LogP contribution in [0.3, 0.4) is 0 Å². The molecule has 2 aromatic rings. The summed E-state index contributed by atoms with van der Waals surface area (Å²) in [4.78, 5) is 3.74. The highest BCUT2D eigenvalue weighted by Gasteiger charge is 2.59. The number of benzene rings is 1. The van der Waals surface area contributed by atoms with E-state index in [1.165, 1.54) is 14.0 Å². The summed E-state index contributed by atoms with van der Waals surface area (Å²) in [5.41, 5.74) is -3.74. The van der Waals surface area contributed by atoms with Crippen LogP contribution in [-0.2, 0) is 5.60 Å². The Kier molecular flexibility index (Phi) is 5.05. The minimum absolute atomic E-state index is 0.0336. The number of pyridine rings is 1. The summed E-state index contributed by atoms with van der Waals surface area (Å²) in [6.07, 6.45) is -3.92. The molecule has 3 nitrogen and oxygen atoms in total. The second-order valence-electron chi connectivity index (χ2n) is 5.24. The Morgan fingerprint density at radius 3 is 2.42 bits per heavy atom. The minimum Gasteiger partial charge on any atom is -0.481 e. The van der Waals surface area contributed by atoms with Gasteiger partial charge in [-0.05, 0) is 23.8 Å². The zero-order valence-corrected chi connectivity index (χ0v) is 13.5. The molecule has 2 atom stereocenters. The fourth-order valence-electron chi connectivity index (χ4n) is 2.50. The van der Waals surface area contributed by atoms with Gasteiger partial charge < -0.3 is 9.84 Å². The Hall–Kier alpha value is -1.86. The minimum atomic E-state index is -5.02. The van der Waals surface area contributed by atoms with Crippen molar-refractivity contribution in [2.45, 2.75) is 24.6 Å². The third-order valence-electron chi connectivity index (χ3n) is 3.87. The standard InChI is InChI=1S/C16H14ClF4NO2/c1-9(12-4-3-11(18)8-13(12)17)15(23,16(19,20)21)10-5-6-22-14(7-10)24-2/h3-9,23H,1-2H3. The van der Waals surface area contributed by atoms with Crippen molar-refractivity contribution in [1.82, 2.24) is 4.98 Å². The van der Waals surface area contributed by atoms with E-state index < -0.39 is 29.1 Å². The molecule has 24 heavy (non-hydrogen) atoms. The first kappa shape index (κ1) is 18.5. The molecule has 1 aromatic heterocycles. The Morgan fingerprint density at radius 2 is 1.88 bits per heavy atom. The van der Waals surface area contributed by atoms with Gasteiger partial charge in [0.15, 0.2) is 5.60 Å². The van der Waals surface area contributed by atoms with Gasteiger partial charge in [-0.1, -0.05) is 24.6 Å². The smallest absolute Gasteiger partial charge is 0.422 e. The molecule has 0 bridgehead atoms. The predicted molar refractivity (Wildman–Crippen MR) is 80.6 cm³/mol. The molecular weight excluding hydrogens is 350 g/mol. The molecule has 0 saturated carbocycles. The zero-order chi connectivity index (χ0) is 18.1. The second-order valence-corrected chi connectivity index (χ2v) is 5.65. The Bertz CT molecular complexity index is 738. The van der Waals surface area contributed by atoms with E-state index in [1.807, 2.05) is 0 Å². The quantitative estimate of drug-likeness (QED) is 0.817. The first-order valence-electron chi connectivity index (χ1n) is 6.85. The topological polar surface area (TPSA) is 42.4 Å². The van der Waals surface area contributed by atoms with Crippen molar-refractivity contribution in [2.75, 3.05) is 7.11 Å². The average Bonchev–Trinajstić information content (AvgIpc) is 2.52. The van der Waals surface area contributed by atoms with Gasteiger partial charge in [0.1, 0.15) is 5.82 Å². The van der Waals surface area contributed by atoms with E-state index in [1.54, 1.807) is 0 Å². The summed E-state index contributed by atoms with van der Waals surface area (Å²) in [5.74, 6) is -2.26. The van der Waals surface area contributed by atoms with Crippen LogP contribution < -0.4 is 4.74 Å². The van der Waals surface area contributed by atoms with E-state index in [-0.39, 0.29) is 16.5 Å². The molecule has 130 valence electrons. The van der Waals surface area contributed by atoms with E-state index in [0.29, 0.717) is 0 Å². The van der Waals surface area contributed by atoms with Crippen LogP contribution in [0.2, 0.25) is 5.02 Å². The van der Waals surface area contributed by atoms with Crippen LogP contribution in [0.4, 0.5) is 17.6 Å². The summed E-state index contributed by atoms with van der Waals surface area (Å²) in [6.45, 7) is 1.17. The van der Waals surface area contributed by atoms with Crippen molar-refractivity contribution in [3.63, 3.8) is 0 Å². The summed E-state index contributed by atoms with van der Waals surface area (Å²) < 4.78 is 59.2. The number of nitrogens with zero attached hydrogens (tertiary/aromatic N) is 1. The number of halogens is 5. The van der Waals surface area contributed by atoms with Gasteiger partial charge in [-0.25, -0.2) is 9.37 Å². The highest BCUT2D eigenvalue weighted by atomic mass is 35.5.